The highest BCUT2D eigenvalue weighted by atomic mass is 19.3. The summed E-state index contributed by atoms with van der Waals surface area (Å²) in [4.78, 5) is 14.5. The lowest BCUT2D eigenvalue weighted by molar-refractivity contribution is -0.0498. The van der Waals surface area contributed by atoms with Gasteiger partial charge < -0.3 is 20.3 Å². The van der Waals surface area contributed by atoms with E-state index in [0.29, 0.717) is 11.6 Å². The summed E-state index contributed by atoms with van der Waals surface area (Å²) in [5.41, 5.74) is 3.23. The van der Waals surface area contributed by atoms with Crippen molar-refractivity contribution < 1.29 is 18.3 Å². The zero-order valence-corrected chi connectivity index (χ0v) is 18.8. The molecule has 6 nitrogen and oxygen atoms in total. The summed E-state index contributed by atoms with van der Waals surface area (Å²) in [5.74, 6) is 0.200. The summed E-state index contributed by atoms with van der Waals surface area (Å²) in [6, 6.07) is 14.6. The number of nitrogens with zero attached hydrogens (tertiary/aromatic N) is 2. The van der Waals surface area contributed by atoms with Crippen LogP contribution in [0.5, 0.6) is 5.75 Å². The Hall–Kier alpha value is -3.34. The molecule has 2 aromatic carbocycles. The van der Waals surface area contributed by atoms with Crippen LogP contribution in [0.3, 0.4) is 0 Å². The molecule has 0 radical (unpaired) electrons. The van der Waals surface area contributed by atoms with Gasteiger partial charge in [-0.2, -0.15) is 14.0 Å². The first-order valence-corrected chi connectivity index (χ1v) is 11.9. The molecule has 2 atom stereocenters. The van der Waals surface area contributed by atoms with E-state index in [1.807, 2.05) is 24.3 Å². The molecule has 0 saturated heterocycles. The summed E-state index contributed by atoms with van der Waals surface area (Å²) < 4.78 is 30.2. The largest absolute Gasteiger partial charge is 0.435 e. The maximum absolute atomic E-state index is 12.8. The van der Waals surface area contributed by atoms with Gasteiger partial charge >= 0.3 is 12.6 Å². The van der Waals surface area contributed by atoms with Crippen molar-refractivity contribution in [2.24, 2.45) is 5.92 Å². The minimum atomic E-state index is -2.90. The summed E-state index contributed by atoms with van der Waals surface area (Å²) in [7, 11) is 0. The number of hydrogen-bond acceptors (Lipinski definition) is 4. The SMILES string of the molecule is N#CC1c2ccc(OC(F)F)cc2N(CC2CC2)C1c1ccc(NC(=O)NC2CCCC2)cc1. The first-order chi connectivity index (χ1) is 16.5. The van der Waals surface area contributed by atoms with E-state index in [2.05, 4.69) is 26.3 Å². The molecule has 2 saturated carbocycles. The van der Waals surface area contributed by atoms with Gasteiger partial charge in [-0.25, -0.2) is 4.79 Å². The van der Waals surface area contributed by atoms with Gasteiger partial charge in [0.25, 0.3) is 0 Å². The maximum atomic E-state index is 12.8. The van der Waals surface area contributed by atoms with Crippen molar-refractivity contribution in [3.05, 3.63) is 53.6 Å². The number of alkyl halides is 2. The molecule has 1 heterocycles. The molecule has 2 aromatic rings. The number of carbonyl (C=O) groups is 1. The number of anilines is 2. The van der Waals surface area contributed by atoms with Crippen molar-refractivity contribution in [3.63, 3.8) is 0 Å². The Balaban J connectivity index is 1.37. The molecule has 5 rings (SSSR count). The molecular weight excluding hydrogens is 438 g/mol. The van der Waals surface area contributed by atoms with E-state index < -0.39 is 12.5 Å². The highest BCUT2D eigenvalue weighted by Crippen LogP contribution is 2.51. The molecule has 0 bridgehead atoms. The monoisotopic (exact) mass is 466 g/mol. The number of rotatable bonds is 7. The van der Waals surface area contributed by atoms with E-state index >= 15 is 0 Å². The minimum Gasteiger partial charge on any atom is -0.435 e. The summed E-state index contributed by atoms with van der Waals surface area (Å²) >= 11 is 0. The molecule has 8 heteroatoms. The van der Waals surface area contributed by atoms with Crippen LogP contribution in [0, 0.1) is 17.2 Å². The maximum Gasteiger partial charge on any atom is 0.387 e. The number of benzene rings is 2. The molecule has 1 aliphatic heterocycles. The van der Waals surface area contributed by atoms with Gasteiger partial charge in [-0.15, -0.1) is 0 Å². The Morgan fingerprint density at radius 3 is 2.50 bits per heavy atom. The first-order valence-electron chi connectivity index (χ1n) is 11.9. The zero-order valence-electron chi connectivity index (χ0n) is 18.8. The van der Waals surface area contributed by atoms with Gasteiger partial charge in [0.2, 0.25) is 0 Å². The number of fused-ring (bicyclic) bond motifs is 1. The Bertz CT molecular complexity index is 1080. The lowest BCUT2D eigenvalue weighted by atomic mass is 9.91. The molecule has 3 aliphatic rings. The zero-order chi connectivity index (χ0) is 23.7. The van der Waals surface area contributed by atoms with Crippen LogP contribution in [0.2, 0.25) is 0 Å². The first kappa shape index (κ1) is 22.5. The van der Waals surface area contributed by atoms with Gasteiger partial charge in [0.1, 0.15) is 5.75 Å². The van der Waals surface area contributed by atoms with Gasteiger partial charge in [-0.05, 0) is 60.9 Å². The predicted molar refractivity (Wildman–Crippen MR) is 125 cm³/mol. The topological polar surface area (TPSA) is 77.4 Å². The third kappa shape index (κ3) is 4.79. The van der Waals surface area contributed by atoms with Crippen LogP contribution in [0.25, 0.3) is 0 Å². The second kappa shape index (κ2) is 9.49. The van der Waals surface area contributed by atoms with Crippen molar-refractivity contribution >= 4 is 17.4 Å². The van der Waals surface area contributed by atoms with Gasteiger partial charge in [0.05, 0.1) is 18.0 Å². The summed E-state index contributed by atoms with van der Waals surface area (Å²) in [6.07, 6.45) is 6.59. The summed E-state index contributed by atoms with van der Waals surface area (Å²) in [6.45, 7) is -2.14. The number of amides is 2. The van der Waals surface area contributed by atoms with Crippen LogP contribution in [-0.4, -0.2) is 25.2 Å². The predicted octanol–water partition coefficient (Wildman–Crippen LogP) is 5.93. The average Bonchev–Trinajstić information content (AvgIpc) is 3.39. The van der Waals surface area contributed by atoms with E-state index in [0.717, 1.165) is 61.9 Å². The van der Waals surface area contributed by atoms with Crippen LogP contribution in [0.15, 0.2) is 42.5 Å². The smallest absolute Gasteiger partial charge is 0.387 e. The van der Waals surface area contributed by atoms with Gasteiger partial charge in [0.15, 0.2) is 0 Å². The van der Waals surface area contributed by atoms with Gasteiger partial charge in [-0.1, -0.05) is 31.0 Å². The Kier molecular flexibility index (Phi) is 6.27. The molecule has 2 aliphatic carbocycles. The fourth-order valence-corrected chi connectivity index (χ4v) is 5.20. The van der Waals surface area contributed by atoms with E-state index in [1.165, 1.54) is 6.07 Å². The number of halogens is 2. The molecule has 0 spiro atoms. The van der Waals surface area contributed by atoms with Crippen LogP contribution < -0.4 is 20.3 Å². The molecule has 2 unspecified atom stereocenters. The molecule has 34 heavy (non-hydrogen) atoms. The Morgan fingerprint density at radius 1 is 1.12 bits per heavy atom. The van der Waals surface area contributed by atoms with Crippen molar-refractivity contribution in [2.45, 2.75) is 63.1 Å². The second-order valence-corrected chi connectivity index (χ2v) is 9.45. The van der Waals surface area contributed by atoms with Crippen LogP contribution in [-0.2, 0) is 0 Å². The fraction of sp³-hybridized carbons (Fsp3) is 0.462. The number of ether oxygens (including phenoxy) is 1. The minimum absolute atomic E-state index is 0.0970. The van der Waals surface area contributed by atoms with Gasteiger partial charge in [-0.3, -0.25) is 0 Å². The summed E-state index contributed by atoms with van der Waals surface area (Å²) in [5, 5.41) is 15.9. The van der Waals surface area contributed by atoms with Crippen LogP contribution in [0.1, 0.15) is 61.6 Å². The quantitative estimate of drug-likeness (QED) is 0.530. The standard InChI is InChI=1S/C26H28F2N4O2/c27-25(28)34-20-11-12-21-22(14-29)24(32(23(21)13-20)15-16-5-6-16)17-7-9-19(10-8-17)31-26(33)30-18-3-1-2-4-18/h7-13,16,18,22,24-25H,1-6,15H2,(H2,30,31,33). The average molecular weight is 467 g/mol. The number of nitrogens with one attached hydrogen (secondary N) is 2. The van der Waals surface area contributed by atoms with Gasteiger partial charge in [0, 0.05) is 30.0 Å². The lowest BCUT2D eigenvalue weighted by Crippen LogP contribution is -2.36. The van der Waals surface area contributed by atoms with E-state index in [9.17, 15) is 18.8 Å². The third-order valence-corrected chi connectivity index (χ3v) is 7.01. The van der Waals surface area contributed by atoms with E-state index in [-0.39, 0.29) is 23.9 Å². The van der Waals surface area contributed by atoms with E-state index in [4.69, 9.17) is 0 Å². The lowest BCUT2D eigenvalue weighted by Gasteiger charge is -2.29. The number of urea groups is 1. The fourth-order valence-electron chi connectivity index (χ4n) is 5.20. The van der Waals surface area contributed by atoms with Crippen molar-refractivity contribution in [1.82, 2.24) is 5.32 Å². The highest BCUT2D eigenvalue weighted by molar-refractivity contribution is 5.89. The third-order valence-electron chi connectivity index (χ3n) is 7.01. The van der Waals surface area contributed by atoms with Crippen molar-refractivity contribution in [2.75, 3.05) is 16.8 Å². The second-order valence-electron chi connectivity index (χ2n) is 9.45. The Morgan fingerprint density at radius 2 is 1.85 bits per heavy atom. The molecule has 178 valence electrons. The molecule has 2 fully saturated rings. The molecule has 2 amide bonds. The number of carbonyl (C=O) groups excluding carboxylic acids is 1. The van der Waals surface area contributed by atoms with Crippen molar-refractivity contribution in [3.8, 4) is 11.8 Å². The van der Waals surface area contributed by atoms with Crippen LogP contribution in [0.4, 0.5) is 25.0 Å². The van der Waals surface area contributed by atoms with E-state index in [1.54, 1.807) is 12.1 Å². The number of nitriles is 1. The molecule has 2 N–H and O–H groups in total. The Labute approximate surface area is 197 Å². The van der Waals surface area contributed by atoms with Crippen LogP contribution >= 0.6 is 0 Å². The normalized spacial score (nSPS) is 21.9. The highest BCUT2D eigenvalue weighted by Gasteiger charge is 2.42. The molecule has 0 aromatic heterocycles. The number of hydrogen-bond donors (Lipinski definition) is 2. The molecular formula is C26H28F2N4O2. The van der Waals surface area contributed by atoms with Crippen molar-refractivity contribution in [1.29, 1.82) is 5.26 Å².